The zero-order valence-corrected chi connectivity index (χ0v) is 44.6. The molecule has 0 aliphatic heterocycles. The van der Waals surface area contributed by atoms with E-state index in [0.29, 0.717) is 0 Å². The molecule has 1 aromatic heterocycles. The Hall–Kier alpha value is -9.08. The van der Waals surface area contributed by atoms with E-state index in [1.807, 2.05) is 11.3 Å². The van der Waals surface area contributed by atoms with E-state index in [1.165, 1.54) is 120 Å². The van der Waals surface area contributed by atoms with Crippen LogP contribution >= 0.6 is 11.3 Å². The van der Waals surface area contributed by atoms with Gasteiger partial charge in [0.2, 0.25) is 0 Å². The molecule has 3 aliphatic rings. The number of nitrogens with zero attached hydrogens (tertiary/aromatic N) is 1. The van der Waals surface area contributed by atoms with Crippen molar-refractivity contribution in [1.29, 1.82) is 0 Å². The highest BCUT2D eigenvalue weighted by molar-refractivity contribution is 7.26. The van der Waals surface area contributed by atoms with Gasteiger partial charge in [-0.15, -0.1) is 11.3 Å². The average Bonchev–Trinajstić information content (AvgIpc) is 4.32. The number of thiophene rings is 1. The largest absolute Gasteiger partial charge is 0.310 e. The Balaban J connectivity index is 0.843. The third-order valence-corrected chi connectivity index (χ3v) is 18.5. The van der Waals surface area contributed by atoms with Gasteiger partial charge in [0.05, 0.1) is 5.41 Å². The highest BCUT2D eigenvalue weighted by Crippen LogP contribution is 2.58. The minimum absolute atomic E-state index is 0.250. The standard InChI is InChI=1S/C76H55NS/c1-75(2)70-47-55(35-44-64(70)65-46-43-61(49-71(65)75)77(59-21-10-5-11-22-59)60-41-33-53(34-42-60)51-19-8-4-9-20-51)56-36-45-66-63-23-12-14-27-69(63)76(72(66)48-56,57-37-29-52(30-38-57)50-17-6-3-7-18-50)58-39-31-54(32-40-58)62-25-16-26-68-67-24-13-15-28-73(67)78-74(62)68/h3-6,8-17,19-49H,7,18H2,1-2H3. The summed E-state index contributed by atoms with van der Waals surface area (Å²) >= 11 is 1.90. The van der Waals surface area contributed by atoms with E-state index in [-0.39, 0.29) is 5.41 Å². The van der Waals surface area contributed by atoms with E-state index in [4.69, 9.17) is 0 Å². The molecule has 2 heteroatoms. The molecule has 0 spiro atoms. The molecule has 12 aromatic rings. The molecule has 0 amide bonds. The van der Waals surface area contributed by atoms with E-state index in [2.05, 4.69) is 292 Å². The maximum atomic E-state index is 2.53. The van der Waals surface area contributed by atoms with Crippen LogP contribution in [0.15, 0.2) is 273 Å². The van der Waals surface area contributed by atoms with Gasteiger partial charge in [-0.25, -0.2) is 0 Å². The maximum absolute atomic E-state index is 2.53. The van der Waals surface area contributed by atoms with Crippen molar-refractivity contribution in [3.05, 3.63) is 312 Å². The second kappa shape index (κ2) is 18.3. The van der Waals surface area contributed by atoms with Gasteiger partial charge in [-0.1, -0.05) is 232 Å². The molecule has 1 nitrogen and oxygen atoms in total. The van der Waals surface area contributed by atoms with Gasteiger partial charge < -0.3 is 4.90 Å². The van der Waals surface area contributed by atoms with Gasteiger partial charge in [0.1, 0.15) is 0 Å². The fourth-order valence-electron chi connectivity index (χ4n) is 13.4. The summed E-state index contributed by atoms with van der Waals surface area (Å²) in [6, 6.07) is 95.9. The van der Waals surface area contributed by atoms with Gasteiger partial charge in [-0.2, -0.15) is 0 Å². The third-order valence-electron chi connectivity index (χ3n) is 17.3. The van der Waals surface area contributed by atoms with Crippen LogP contribution in [0, 0.1) is 0 Å². The Labute approximate surface area is 461 Å². The smallest absolute Gasteiger partial charge is 0.0713 e. The highest BCUT2D eigenvalue weighted by atomic mass is 32.1. The summed E-state index contributed by atoms with van der Waals surface area (Å²) in [6.07, 6.45) is 8.91. The Morgan fingerprint density at radius 1 is 0.372 bits per heavy atom. The Morgan fingerprint density at radius 2 is 0.897 bits per heavy atom. The number of para-hydroxylation sites is 1. The van der Waals surface area contributed by atoms with Crippen molar-refractivity contribution in [3.63, 3.8) is 0 Å². The van der Waals surface area contributed by atoms with Crippen LogP contribution in [0.2, 0.25) is 0 Å². The predicted octanol–water partition coefficient (Wildman–Crippen LogP) is 20.9. The van der Waals surface area contributed by atoms with Crippen molar-refractivity contribution in [3.8, 4) is 55.6 Å². The van der Waals surface area contributed by atoms with E-state index < -0.39 is 5.41 Å². The first kappa shape index (κ1) is 46.2. The molecule has 0 N–H and O–H groups in total. The van der Waals surface area contributed by atoms with Gasteiger partial charge in [0.25, 0.3) is 0 Å². The number of anilines is 3. The third kappa shape index (κ3) is 7.28. The minimum Gasteiger partial charge on any atom is -0.310 e. The van der Waals surface area contributed by atoms with Crippen molar-refractivity contribution in [2.75, 3.05) is 4.90 Å². The van der Waals surface area contributed by atoms with Crippen LogP contribution in [-0.2, 0) is 10.8 Å². The molecule has 1 unspecified atom stereocenters. The van der Waals surface area contributed by atoms with Crippen molar-refractivity contribution < 1.29 is 0 Å². The number of rotatable bonds is 9. The van der Waals surface area contributed by atoms with Crippen molar-refractivity contribution in [1.82, 2.24) is 0 Å². The molecule has 3 aliphatic carbocycles. The fourth-order valence-corrected chi connectivity index (χ4v) is 14.6. The van der Waals surface area contributed by atoms with Crippen molar-refractivity contribution in [2.45, 2.75) is 37.5 Å². The molecule has 11 aromatic carbocycles. The van der Waals surface area contributed by atoms with Gasteiger partial charge in [-0.3, -0.25) is 0 Å². The second-order valence-corrected chi connectivity index (χ2v) is 22.9. The summed E-state index contributed by atoms with van der Waals surface area (Å²) in [5.74, 6) is 0. The van der Waals surface area contributed by atoms with Crippen LogP contribution in [0.25, 0.3) is 81.4 Å². The first-order valence-electron chi connectivity index (χ1n) is 27.4. The molecule has 0 fully saturated rings. The van der Waals surface area contributed by atoms with Gasteiger partial charge in [-0.05, 0) is 168 Å². The topological polar surface area (TPSA) is 3.24 Å². The number of benzene rings is 11. The molecule has 1 atom stereocenters. The second-order valence-electron chi connectivity index (χ2n) is 21.8. The molecule has 78 heavy (non-hydrogen) atoms. The van der Waals surface area contributed by atoms with Gasteiger partial charge in [0, 0.05) is 42.6 Å². The summed E-state index contributed by atoms with van der Waals surface area (Å²) in [7, 11) is 0. The number of fused-ring (bicyclic) bond motifs is 9. The van der Waals surface area contributed by atoms with E-state index in [0.717, 1.165) is 29.9 Å². The number of hydrogen-bond acceptors (Lipinski definition) is 2. The summed E-state index contributed by atoms with van der Waals surface area (Å²) < 4.78 is 2.66. The SMILES string of the molecule is CC1(C)c2cc(-c3ccc4c(c3)C(c3ccc(C5=CC=CCC5)cc3)(c3ccc(-c5cccc6c5sc5ccccc56)cc3)c3ccccc3-4)ccc2-c2ccc(N(c3ccccc3)c3ccc(-c4ccccc4)cc3)cc21. The first-order chi connectivity index (χ1) is 38.4. The Kier molecular flexibility index (Phi) is 10.8. The summed E-state index contributed by atoms with van der Waals surface area (Å²) in [5, 5.41) is 2.65. The minimum atomic E-state index is -0.571. The molecular weight excluding hydrogens is 959 g/mol. The van der Waals surface area contributed by atoms with Crippen molar-refractivity contribution >= 4 is 54.1 Å². The lowest BCUT2D eigenvalue weighted by Crippen LogP contribution is -2.28. The zero-order chi connectivity index (χ0) is 52.0. The maximum Gasteiger partial charge on any atom is 0.0713 e. The van der Waals surface area contributed by atoms with Gasteiger partial charge in [0.15, 0.2) is 0 Å². The summed E-state index contributed by atoms with van der Waals surface area (Å²) in [4.78, 5) is 2.39. The zero-order valence-electron chi connectivity index (χ0n) is 43.8. The van der Waals surface area contributed by atoms with E-state index >= 15 is 0 Å². The predicted molar refractivity (Wildman–Crippen MR) is 332 cm³/mol. The lowest BCUT2D eigenvalue weighted by Gasteiger charge is -2.34. The average molecular weight is 1010 g/mol. The quantitative estimate of drug-likeness (QED) is 0.139. The van der Waals surface area contributed by atoms with Crippen LogP contribution in [-0.4, -0.2) is 0 Å². The van der Waals surface area contributed by atoms with Crippen molar-refractivity contribution in [2.24, 2.45) is 0 Å². The molecule has 370 valence electrons. The monoisotopic (exact) mass is 1010 g/mol. The van der Waals surface area contributed by atoms with Crippen LogP contribution in [0.3, 0.4) is 0 Å². The number of allylic oxidation sites excluding steroid dienone is 4. The lowest BCUT2D eigenvalue weighted by molar-refractivity contribution is 0.660. The van der Waals surface area contributed by atoms with Crippen LogP contribution in [0.4, 0.5) is 17.1 Å². The Morgan fingerprint density at radius 3 is 1.63 bits per heavy atom. The summed E-state index contributed by atoms with van der Waals surface area (Å²) in [6.45, 7) is 4.82. The fraction of sp³-hybridized carbons (Fsp3) is 0.0789. The van der Waals surface area contributed by atoms with Gasteiger partial charge >= 0.3 is 0 Å². The normalized spacial score (nSPS) is 15.6. The van der Waals surface area contributed by atoms with E-state index in [9.17, 15) is 0 Å². The molecule has 0 saturated heterocycles. The molecule has 0 bridgehead atoms. The Bertz CT molecular complexity index is 4370. The lowest BCUT2D eigenvalue weighted by atomic mass is 9.67. The number of hydrogen-bond donors (Lipinski definition) is 0. The highest BCUT2D eigenvalue weighted by Gasteiger charge is 2.46. The molecule has 15 rings (SSSR count). The molecule has 0 radical (unpaired) electrons. The molecule has 0 saturated carbocycles. The summed E-state index contributed by atoms with van der Waals surface area (Å²) in [5.41, 5.74) is 25.7. The van der Waals surface area contributed by atoms with E-state index in [1.54, 1.807) is 0 Å². The first-order valence-corrected chi connectivity index (χ1v) is 28.3. The van der Waals surface area contributed by atoms with Crippen LogP contribution in [0.5, 0.6) is 0 Å². The molecule has 1 heterocycles. The van der Waals surface area contributed by atoms with Crippen LogP contribution in [0.1, 0.15) is 65.6 Å². The molecular formula is C76H55NS. The van der Waals surface area contributed by atoms with Crippen LogP contribution < -0.4 is 4.90 Å².